The summed E-state index contributed by atoms with van der Waals surface area (Å²) in [5, 5.41) is 10.6. The average Bonchev–Trinajstić information content (AvgIpc) is 3.21. The molecule has 0 bridgehead atoms. The van der Waals surface area contributed by atoms with Gasteiger partial charge in [0.2, 0.25) is 0 Å². The minimum absolute atomic E-state index is 0.00102. The number of anilines is 1. The summed E-state index contributed by atoms with van der Waals surface area (Å²) in [6.07, 6.45) is 1.23. The molecular weight excluding hydrogens is 349 g/mol. The molecule has 0 saturated heterocycles. The van der Waals surface area contributed by atoms with Crippen LogP contribution in [0.5, 0.6) is 0 Å². The molecule has 26 heavy (non-hydrogen) atoms. The average molecular weight is 363 g/mol. The third-order valence-electron chi connectivity index (χ3n) is 3.67. The highest BCUT2D eigenvalue weighted by Gasteiger charge is 2.32. The number of esters is 2. The Morgan fingerprint density at radius 3 is 2.65 bits per heavy atom. The molecule has 2 heterocycles. The number of ether oxygens (including phenoxy) is 3. The standard InChI is InChI=1S/C15H14FN5O5/c1-24-14(22)10-6-26-8-20(13(10)15(23)25-2)9-3-4-11(16)12(5-9)21-7-17-18-19-21/h3-5,7H,6,8H2,1-2H3. The zero-order valence-electron chi connectivity index (χ0n) is 13.9. The summed E-state index contributed by atoms with van der Waals surface area (Å²) < 4.78 is 30.1. The highest BCUT2D eigenvalue weighted by molar-refractivity contribution is 6.03. The van der Waals surface area contributed by atoms with E-state index in [1.165, 1.54) is 43.6 Å². The highest BCUT2D eigenvalue weighted by Crippen LogP contribution is 2.29. The lowest BCUT2D eigenvalue weighted by molar-refractivity contribution is -0.140. The fourth-order valence-electron chi connectivity index (χ4n) is 2.46. The number of hydrogen-bond donors (Lipinski definition) is 0. The van der Waals surface area contributed by atoms with Crippen molar-refractivity contribution in [2.24, 2.45) is 0 Å². The molecule has 3 rings (SSSR count). The van der Waals surface area contributed by atoms with Crippen molar-refractivity contribution in [2.45, 2.75) is 0 Å². The third-order valence-corrected chi connectivity index (χ3v) is 3.67. The Bertz CT molecular complexity index is 867. The normalized spacial score (nSPS) is 14.3. The van der Waals surface area contributed by atoms with E-state index < -0.39 is 17.8 Å². The lowest BCUT2D eigenvalue weighted by Gasteiger charge is -2.31. The first-order valence-electron chi connectivity index (χ1n) is 7.34. The molecular formula is C15H14FN5O5. The van der Waals surface area contributed by atoms with Gasteiger partial charge in [-0.1, -0.05) is 0 Å². The zero-order valence-corrected chi connectivity index (χ0v) is 13.9. The first-order valence-corrected chi connectivity index (χ1v) is 7.34. The van der Waals surface area contributed by atoms with Crippen LogP contribution in [-0.4, -0.2) is 59.7 Å². The van der Waals surface area contributed by atoms with Crippen LogP contribution in [0.2, 0.25) is 0 Å². The molecule has 0 N–H and O–H groups in total. The molecule has 0 saturated carbocycles. The Labute approximate surface area is 146 Å². The van der Waals surface area contributed by atoms with Gasteiger partial charge in [-0.2, -0.15) is 4.68 Å². The van der Waals surface area contributed by atoms with Crippen molar-refractivity contribution in [1.82, 2.24) is 20.2 Å². The van der Waals surface area contributed by atoms with E-state index in [0.29, 0.717) is 5.69 Å². The number of methoxy groups -OCH3 is 2. The van der Waals surface area contributed by atoms with Gasteiger partial charge in [0.05, 0.1) is 26.4 Å². The molecule has 2 aromatic rings. The van der Waals surface area contributed by atoms with E-state index in [0.717, 1.165) is 4.68 Å². The van der Waals surface area contributed by atoms with Crippen LogP contribution in [0.1, 0.15) is 0 Å². The molecule has 1 aromatic heterocycles. The van der Waals surface area contributed by atoms with Crippen LogP contribution in [0.3, 0.4) is 0 Å². The maximum absolute atomic E-state index is 14.1. The molecule has 0 atom stereocenters. The minimum Gasteiger partial charge on any atom is -0.466 e. The predicted octanol–water partition coefficient (Wildman–Crippen LogP) is 0.196. The summed E-state index contributed by atoms with van der Waals surface area (Å²) in [7, 11) is 2.38. The third kappa shape index (κ3) is 3.11. The maximum Gasteiger partial charge on any atom is 0.355 e. The van der Waals surface area contributed by atoms with Gasteiger partial charge in [0.25, 0.3) is 0 Å². The second kappa shape index (κ2) is 7.27. The second-order valence-corrected chi connectivity index (χ2v) is 5.11. The first kappa shape index (κ1) is 17.5. The van der Waals surface area contributed by atoms with Crippen molar-refractivity contribution in [3.05, 3.63) is 41.6 Å². The van der Waals surface area contributed by atoms with Gasteiger partial charge >= 0.3 is 11.9 Å². The fourth-order valence-corrected chi connectivity index (χ4v) is 2.46. The molecule has 1 aromatic carbocycles. The fraction of sp³-hybridized carbons (Fsp3) is 0.267. The zero-order chi connectivity index (χ0) is 18.7. The van der Waals surface area contributed by atoms with E-state index in [9.17, 15) is 14.0 Å². The SMILES string of the molecule is COC(=O)C1=C(C(=O)OC)N(c2ccc(F)c(-n3cnnn3)c2)COC1. The molecule has 1 aliphatic rings. The Morgan fingerprint density at radius 2 is 2.00 bits per heavy atom. The van der Waals surface area contributed by atoms with Gasteiger partial charge in [-0.3, -0.25) is 0 Å². The number of carbonyl (C=O) groups excluding carboxylic acids is 2. The molecule has 0 fully saturated rings. The summed E-state index contributed by atoms with van der Waals surface area (Å²) in [4.78, 5) is 25.6. The summed E-state index contributed by atoms with van der Waals surface area (Å²) in [6, 6.07) is 4.03. The Hall–Kier alpha value is -3.34. The Balaban J connectivity index is 2.11. The molecule has 10 nitrogen and oxygen atoms in total. The van der Waals surface area contributed by atoms with Gasteiger partial charge in [0.15, 0.2) is 0 Å². The van der Waals surface area contributed by atoms with Crippen LogP contribution in [0, 0.1) is 5.82 Å². The summed E-state index contributed by atoms with van der Waals surface area (Å²) in [5.74, 6) is -2.05. The number of rotatable bonds is 4. The van der Waals surface area contributed by atoms with E-state index in [2.05, 4.69) is 15.5 Å². The molecule has 0 amide bonds. The van der Waals surface area contributed by atoms with Gasteiger partial charge in [0, 0.05) is 5.69 Å². The molecule has 0 spiro atoms. The quantitative estimate of drug-likeness (QED) is 0.704. The lowest BCUT2D eigenvalue weighted by Crippen LogP contribution is -2.38. The topological polar surface area (TPSA) is 109 Å². The number of benzene rings is 1. The van der Waals surface area contributed by atoms with Crippen molar-refractivity contribution < 1.29 is 28.2 Å². The minimum atomic E-state index is -0.748. The smallest absolute Gasteiger partial charge is 0.355 e. The molecule has 0 radical (unpaired) electrons. The van der Waals surface area contributed by atoms with Crippen LogP contribution >= 0.6 is 0 Å². The molecule has 11 heteroatoms. The van der Waals surface area contributed by atoms with Crippen molar-refractivity contribution in [3.63, 3.8) is 0 Å². The monoisotopic (exact) mass is 363 g/mol. The number of tetrazole rings is 1. The van der Waals surface area contributed by atoms with Crippen molar-refractivity contribution in [1.29, 1.82) is 0 Å². The number of carbonyl (C=O) groups is 2. The number of nitrogens with zero attached hydrogens (tertiary/aromatic N) is 5. The van der Waals surface area contributed by atoms with Crippen molar-refractivity contribution in [2.75, 3.05) is 32.5 Å². The van der Waals surface area contributed by atoms with Crippen molar-refractivity contribution in [3.8, 4) is 5.69 Å². The van der Waals surface area contributed by atoms with Crippen LogP contribution in [0.25, 0.3) is 5.69 Å². The summed E-state index contributed by atoms with van der Waals surface area (Å²) in [6.45, 7) is -0.166. The predicted molar refractivity (Wildman–Crippen MR) is 83.5 cm³/mol. The van der Waals surface area contributed by atoms with Gasteiger partial charge in [-0.05, 0) is 28.6 Å². The van der Waals surface area contributed by atoms with Crippen LogP contribution in [0.15, 0.2) is 35.8 Å². The molecule has 0 aliphatic carbocycles. The Kier molecular flexibility index (Phi) is 4.89. The highest BCUT2D eigenvalue weighted by atomic mass is 19.1. The second-order valence-electron chi connectivity index (χ2n) is 5.11. The number of halogens is 1. The molecule has 136 valence electrons. The van der Waals surface area contributed by atoms with E-state index in [1.807, 2.05) is 0 Å². The largest absolute Gasteiger partial charge is 0.466 e. The van der Waals surface area contributed by atoms with Gasteiger partial charge in [-0.15, -0.1) is 5.10 Å². The maximum atomic E-state index is 14.1. The van der Waals surface area contributed by atoms with E-state index in [1.54, 1.807) is 0 Å². The van der Waals surface area contributed by atoms with E-state index in [-0.39, 0.29) is 30.3 Å². The Morgan fingerprint density at radius 1 is 1.23 bits per heavy atom. The van der Waals surface area contributed by atoms with Gasteiger partial charge in [-0.25, -0.2) is 14.0 Å². The lowest BCUT2D eigenvalue weighted by atomic mass is 10.1. The van der Waals surface area contributed by atoms with E-state index >= 15 is 0 Å². The molecule has 1 aliphatic heterocycles. The van der Waals surface area contributed by atoms with Gasteiger partial charge < -0.3 is 19.1 Å². The van der Waals surface area contributed by atoms with Gasteiger partial charge in [0.1, 0.15) is 30.3 Å². The van der Waals surface area contributed by atoms with Crippen LogP contribution in [0.4, 0.5) is 10.1 Å². The van der Waals surface area contributed by atoms with Crippen LogP contribution in [-0.2, 0) is 23.8 Å². The van der Waals surface area contributed by atoms with E-state index in [4.69, 9.17) is 14.2 Å². The van der Waals surface area contributed by atoms with Crippen molar-refractivity contribution >= 4 is 17.6 Å². The number of aromatic nitrogens is 4. The summed E-state index contributed by atoms with van der Waals surface area (Å²) in [5.41, 5.74) is 0.388. The number of hydrogen-bond acceptors (Lipinski definition) is 9. The van der Waals surface area contributed by atoms with Crippen LogP contribution < -0.4 is 4.90 Å². The molecule has 0 unspecified atom stereocenters. The first-order chi connectivity index (χ1) is 12.6. The summed E-state index contributed by atoms with van der Waals surface area (Å²) >= 11 is 0.